The molecular formula is C9H11NS2. The first-order valence-corrected chi connectivity index (χ1v) is 4.74. The molecule has 3 heteroatoms. The topological polar surface area (TPSA) is 12.9 Å². The number of rotatable bonds is 3. The summed E-state index contributed by atoms with van der Waals surface area (Å²) in [6, 6.07) is 3.97. The number of hydrogen-bond acceptors (Lipinski definition) is 2. The molecule has 12 heavy (non-hydrogen) atoms. The Hall–Kier alpha value is -0.410. The number of thiol groups is 1. The van der Waals surface area contributed by atoms with Crippen molar-refractivity contribution in [2.45, 2.75) is 19.3 Å². The Kier molecular flexibility index (Phi) is 3.69. The molecule has 0 aliphatic carbocycles. The predicted octanol–water partition coefficient (Wildman–Crippen LogP) is 2.83. The van der Waals surface area contributed by atoms with E-state index >= 15 is 0 Å². The van der Waals surface area contributed by atoms with Crippen molar-refractivity contribution in [2.24, 2.45) is 0 Å². The summed E-state index contributed by atoms with van der Waals surface area (Å²) in [5.74, 6) is 0.284. The number of aromatic nitrogens is 1. The van der Waals surface area contributed by atoms with Crippen LogP contribution in [-0.2, 0) is 0 Å². The van der Waals surface area contributed by atoms with Crippen LogP contribution in [0.3, 0.4) is 0 Å². The molecule has 0 aliphatic rings. The van der Waals surface area contributed by atoms with Gasteiger partial charge in [0.05, 0.1) is 4.20 Å². The van der Waals surface area contributed by atoms with Crippen molar-refractivity contribution in [2.75, 3.05) is 0 Å². The quantitative estimate of drug-likeness (QED) is 0.591. The van der Waals surface area contributed by atoms with Gasteiger partial charge in [0.1, 0.15) is 0 Å². The third kappa shape index (κ3) is 2.29. The second-order valence-corrected chi connectivity index (χ2v) is 3.80. The zero-order chi connectivity index (χ0) is 8.97. The maximum atomic E-state index is 5.04. The minimum Gasteiger partial charge on any atom is -0.265 e. The van der Waals surface area contributed by atoms with E-state index in [1.54, 1.807) is 12.4 Å². The van der Waals surface area contributed by atoms with E-state index in [2.05, 4.69) is 24.5 Å². The van der Waals surface area contributed by atoms with Gasteiger partial charge in [0.15, 0.2) is 0 Å². The van der Waals surface area contributed by atoms with Gasteiger partial charge in [-0.2, -0.15) is 0 Å². The number of nitrogens with zero attached hydrogens (tertiary/aromatic N) is 1. The van der Waals surface area contributed by atoms with Gasteiger partial charge in [-0.1, -0.05) is 19.1 Å². The van der Waals surface area contributed by atoms with Gasteiger partial charge in [-0.25, -0.2) is 0 Å². The van der Waals surface area contributed by atoms with E-state index in [0.717, 1.165) is 10.6 Å². The Balaban J connectivity index is 2.88. The smallest absolute Gasteiger partial charge is 0.0522 e. The first-order chi connectivity index (χ1) is 5.75. The highest BCUT2D eigenvalue weighted by molar-refractivity contribution is 8.11. The molecule has 0 bridgehead atoms. The zero-order valence-electron chi connectivity index (χ0n) is 6.90. The molecule has 0 N–H and O–H groups in total. The summed E-state index contributed by atoms with van der Waals surface area (Å²) in [7, 11) is 0. The fourth-order valence-electron chi connectivity index (χ4n) is 1.15. The highest BCUT2D eigenvalue weighted by atomic mass is 32.1. The van der Waals surface area contributed by atoms with Crippen LogP contribution in [0, 0.1) is 0 Å². The number of pyridine rings is 1. The lowest BCUT2D eigenvalue weighted by Gasteiger charge is -2.11. The minimum atomic E-state index is 0.284. The average Bonchev–Trinajstić information content (AvgIpc) is 2.07. The van der Waals surface area contributed by atoms with Crippen molar-refractivity contribution >= 4 is 29.0 Å². The fourth-order valence-corrected chi connectivity index (χ4v) is 1.78. The molecule has 1 nitrogen and oxygen atoms in total. The number of thiocarbonyl (C=S) groups is 1. The summed E-state index contributed by atoms with van der Waals surface area (Å²) in [5.41, 5.74) is 1.20. The maximum Gasteiger partial charge on any atom is 0.0522 e. The summed E-state index contributed by atoms with van der Waals surface area (Å²) in [6.45, 7) is 2.10. The van der Waals surface area contributed by atoms with E-state index in [1.165, 1.54) is 5.56 Å². The molecule has 1 atom stereocenters. The highest BCUT2D eigenvalue weighted by Crippen LogP contribution is 2.22. The van der Waals surface area contributed by atoms with Gasteiger partial charge in [-0.05, 0) is 24.1 Å². The molecular weight excluding hydrogens is 186 g/mol. The van der Waals surface area contributed by atoms with E-state index < -0.39 is 0 Å². The Morgan fingerprint density at radius 1 is 1.58 bits per heavy atom. The van der Waals surface area contributed by atoms with Crippen LogP contribution in [0.25, 0.3) is 0 Å². The molecule has 0 radical (unpaired) electrons. The third-order valence-electron chi connectivity index (χ3n) is 1.81. The van der Waals surface area contributed by atoms with Crippen LogP contribution in [0.15, 0.2) is 24.5 Å². The van der Waals surface area contributed by atoms with Gasteiger partial charge < -0.3 is 0 Å². The second-order valence-electron chi connectivity index (χ2n) is 2.58. The Bertz CT molecular complexity index is 258. The van der Waals surface area contributed by atoms with Crippen LogP contribution >= 0.6 is 24.8 Å². The Labute approximate surface area is 83.6 Å². The van der Waals surface area contributed by atoms with Gasteiger partial charge >= 0.3 is 0 Å². The van der Waals surface area contributed by atoms with Crippen molar-refractivity contribution < 1.29 is 0 Å². The van der Waals surface area contributed by atoms with Crippen LogP contribution in [-0.4, -0.2) is 9.18 Å². The lowest BCUT2D eigenvalue weighted by Crippen LogP contribution is -2.03. The van der Waals surface area contributed by atoms with Crippen LogP contribution in [0.5, 0.6) is 0 Å². The molecule has 1 rings (SSSR count). The van der Waals surface area contributed by atoms with Gasteiger partial charge in [0.2, 0.25) is 0 Å². The van der Waals surface area contributed by atoms with Gasteiger partial charge in [0.25, 0.3) is 0 Å². The minimum absolute atomic E-state index is 0.284. The summed E-state index contributed by atoms with van der Waals surface area (Å²) in [5, 5.41) is 0. The predicted molar refractivity (Wildman–Crippen MR) is 58.9 cm³/mol. The first-order valence-electron chi connectivity index (χ1n) is 3.88. The molecule has 0 fully saturated rings. The Morgan fingerprint density at radius 3 is 2.58 bits per heavy atom. The molecule has 0 amide bonds. The standard InChI is InChI=1S/C9H11NS2/c1-2-8(9(11)12)7-3-5-10-6-4-7/h3-6,8H,2H2,1H3,(H,11,12). The molecule has 1 heterocycles. The second kappa shape index (κ2) is 4.58. The molecule has 0 spiro atoms. The van der Waals surface area contributed by atoms with E-state index in [4.69, 9.17) is 12.2 Å². The van der Waals surface area contributed by atoms with Crippen molar-refractivity contribution in [1.29, 1.82) is 0 Å². The normalized spacial score (nSPS) is 12.5. The van der Waals surface area contributed by atoms with Crippen LogP contribution in [0.2, 0.25) is 0 Å². The van der Waals surface area contributed by atoms with Crippen molar-refractivity contribution in [3.05, 3.63) is 30.1 Å². The average molecular weight is 197 g/mol. The molecule has 0 saturated carbocycles. The lowest BCUT2D eigenvalue weighted by molar-refractivity contribution is 0.861. The van der Waals surface area contributed by atoms with Crippen LogP contribution in [0.1, 0.15) is 24.8 Å². The monoisotopic (exact) mass is 197 g/mol. The summed E-state index contributed by atoms with van der Waals surface area (Å²) in [4.78, 5) is 3.95. The molecule has 64 valence electrons. The van der Waals surface area contributed by atoms with E-state index in [1.807, 2.05) is 12.1 Å². The van der Waals surface area contributed by atoms with Crippen LogP contribution in [0.4, 0.5) is 0 Å². The summed E-state index contributed by atoms with van der Waals surface area (Å²) >= 11 is 9.24. The third-order valence-corrected chi connectivity index (χ3v) is 2.41. The van der Waals surface area contributed by atoms with Gasteiger partial charge in [-0.15, -0.1) is 12.6 Å². The molecule has 1 aromatic rings. The molecule has 0 aromatic carbocycles. The fraction of sp³-hybridized carbons (Fsp3) is 0.333. The SMILES string of the molecule is CCC(C(=S)S)c1ccncc1. The summed E-state index contributed by atoms with van der Waals surface area (Å²) < 4.78 is 0.753. The molecule has 1 unspecified atom stereocenters. The van der Waals surface area contributed by atoms with Crippen molar-refractivity contribution in [3.8, 4) is 0 Å². The summed E-state index contributed by atoms with van der Waals surface area (Å²) in [6.07, 6.45) is 4.56. The Morgan fingerprint density at radius 2 is 2.17 bits per heavy atom. The lowest BCUT2D eigenvalue weighted by atomic mass is 10.00. The largest absolute Gasteiger partial charge is 0.265 e. The maximum absolute atomic E-state index is 5.04. The van der Waals surface area contributed by atoms with Gasteiger partial charge in [0, 0.05) is 18.3 Å². The number of hydrogen-bond donors (Lipinski definition) is 1. The molecule has 0 saturated heterocycles. The van der Waals surface area contributed by atoms with Gasteiger partial charge in [-0.3, -0.25) is 4.98 Å². The van der Waals surface area contributed by atoms with E-state index in [9.17, 15) is 0 Å². The van der Waals surface area contributed by atoms with Crippen molar-refractivity contribution in [3.63, 3.8) is 0 Å². The molecule has 0 aliphatic heterocycles. The van der Waals surface area contributed by atoms with Crippen LogP contribution < -0.4 is 0 Å². The molecule has 1 aromatic heterocycles. The van der Waals surface area contributed by atoms with Crippen molar-refractivity contribution in [1.82, 2.24) is 4.98 Å². The first kappa shape index (κ1) is 9.68. The highest BCUT2D eigenvalue weighted by Gasteiger charge is 2.10. The zero-order valence-corrected chi connectivity index (χ0v) is 8.61. The van der Waals surface area contributed by atoms with E-state index in [0.29, 0.717) is 0 Å². The van der Waals surface area contributed by atoms with E-state index in [-0.39, 0.29) is 5.92 Å².